The van der Waals surface area contributed by atoms with Gasteiger partial charge in [-0.05, 0) is 42.9 Å². The largest absolute Gasteiger partial charge is 0.352 e. The molecule has 1 aliphatic rings. The highest BCUT2D eigenvalue weighted by atomic mass is 16.1. The summed E-state index contributed by atoms with van der Waals surface area (Å²) in [5.41, 5.74) is 8.02. The number of rotatable bonds is 3. The van der Waals surface area contributed by atoms with Crippen LogP contribution in [-0.2, 0) is 0 Å². The fourth-order valence-corrected chi connectivity index (χ4v) is 2.90. The minimum Gasteiger partial charge on any atom is -0.352 e. The highest BCUT2D eigenvalue weighted by molar-refractivity contribution is 5.94. The van der Waals surface area contributed by atoms with Crippen LogP contribution in [0.25, 0.3) is 0 Å². The molecule has 2 rings (SSSR count). The zero-order valence-electron chi connectivity index (χ0n) is 12.9. The van der Waals surface area contributed by atoms with E-state index in [1.165, 1.54) is 19.3 Å². The molecular formula is C18H24N2O. The topological polar surface area (TPSA) is 55.1 Å². The van der Waals surface area contributed by atoms with Crippen molar-refractivity contribution in [2.75, 3.05) is 13.1 Å². The number of nitrogens with one attached hydrogen (secondary N) is 1. The molecule has 0 aliphatic heterocycles. The second-order valence-corrected chi connectivity index (χ2v) is 5.91. The first-order chi connectivity index (χ1) is 10.1. The molecular weight excluding hydrogens is 260 g/mol. The monoisotopic (exact) mass is 284 g/mol. The number of carbonyl (C=O) groups excluding carboxylic acids is 1. The summed E-state index contributed by atoms with van der Waals surface area (Å²) in [6.45, 7) is 5.37. The second-order valence-electron chi connectivity index (χ2n) is 5.91. The van der Waals surface area contributed by atoms with Crippen LogP contribution in [0.5, 0.6) is 0 Å². The molecule has 1 fully saturated rings. The van der Waals surface area contributed by atoms with Crippen molar-refractivity contribution in [3.05, 3.63) is 34.9 Å². The zero-order chi connectivity index (χ0) is 15.2. The molecule has 3 N–H and O–H groups in total. The molecule has 0 radical (unpaired) electrons. The number of hydrogen-bond donors (Lipinski definition) is 2. The number of amides is 1. The molecule has 1 aliphatic carbocycles. The molecule has 112 valence electrons. The van der Waals surface area contributed by atoms with Gasteiger partial charge in [-0.2, -0.15) is 0 Å². The van der Waals surface area contributed by atoms with Crippen molar-refractivity contribution in [2.45, 2.75) is 33.1 Å². The fraction of sp³-hybridized carbons (Fsp3) is 0.500. The van der Waals surface area contributed by atoms with Crippen molar-refractivity contribution >= 4 is 5.91 Å². The zero-order valence-corrected chi connectivity index (χ0v) is 12.9. The van der Waals surface area contributed by atoms with Gasteiger partial charge in [0, 0.05) is 17.7 Å². The molecule has 1 aromatic carbocycles. The van der Waals surface area contributed by atoms with E-state index in [1.807, 2.05) is 25.1 Å². The van der Waals surface area contributed by atoms with Crippen molar-refractivity contribution in [1.29, 1.82) is 0 Å². The summed E-state index contributed by atoms with van der Waals surface area (Å²) in [6, 6.07) is 5.65. The minimum atomic E-state index is -0.00935. The summed E-state index contributed by atoms with van der Waals surface area (Å²) in [5.74, 6) is 7.19. The van der Waals surface area contributed by atoms with E-state index in [1.54, 1.807) is 0 Å². The Labute approximate surface area is 127 Å². The van der Waals surface area contributed by atoms with Crippen molar-refractivity contribution in [2.24, 2.45) is 17.6 Å². The number of benzene rings is 1. The van der Waals surface area contributed by atoms with Crippen LogP contribution < -0.4 is 11.1 Å². The Morgan fingerprint density at radius 2 is 2.24 bits per heavy atom. The Morgan fingerprint density at radius 1 is 1.43 bits per heavy atom. The van der Waals surface area contributed by atoms with Crippen LogP contribution in [0, 0.1) is 30.6 Å². The molecule has 1 aromatic rings. The first kappa shape index (κ1) is 15.6. The maximum absolute atomic E-state index is 12.3. The third-order valence-corrected chi connectivity index (χ3v) is 4.39. The summed E-state index contributed by atoms with van der Waals surface area (Å²) >= 11 is 0. The average Bonchev–Trinajstić information content (AvgIpc) is 2.89. The van der Waals surface area contributed by atoms with Crippen molar-refractivity contribution in [3.8, 4) is 11.8 Å². The predicted octanol–water partition coefficient (Wildman–Crippen LogP) is 2.47. The van der Waals surface area contributed by atoms with Gasteiger partial charge in [-0.1, -0.05) is 37.7 Å². The first-order valence-corrected chi connectivity index (χ1v) is 7.69. The van der Waals surface area contributed by atoms with E-state index >= 15 is 0 Å². The second kappa shape index (κ2) is 7.28. The Balaban J connectivity index is 2.02. The van der Waals surface area contributed by atoms with E-state index in [4.69, 9.17) is 5.73 Å². The Kier molecular flexibility index (Phi) is 5.41. The van der Waals surface area contributed by atoms with Crippen LogP contribution >= 0.6 is 0 Å². The standard InChI is InChI=1S/C18H24N2O/c1-13-5-3-6-17(13)12-20-18(21)16-9-8-14(2)15(11-16)7-4-10-19/h8-9,11,13,17H,3,5-6,10,12,19H2,1-2H3,(H,20,21). The third kappa shape index (κ3) is 4.09. The van der Waals surface area contributed by atoms with E-state index in [-0.39, 0.29) is 5.91 Å². The van der Waals surface area contributed by atoms with Gasteiger partial charge in [0.1, 0.15) is 0 Å². The fourth-order valence-electron chi connectivity index (χ4n) is 2.90. The highest BCUT2D eigenvalue weighted by Gasteiger charge is 2.23. The van der Waals surface area contributed by atoms with Gasteiger partial charge in [0.05, 0.1) is 6.54 Å². The summed E-state index contributed by atoms with van der Waals surface area (Å²) in [4.78, 5) is 12.3. The van der Waals surface area contributed by atoms with Crippen molar-refractivity contribution in [1.82, 2.24) is 5.32 Å². The Bertz CT molecular complexity index is 568. The predicted molar refractivity (Wildman–Crippen MR) is 85.9 cm³/mol. The Morgan fingerprint density at radius 3 is 2.90 bits per heavy atom. The average molecular weight is 284 g/mol. The number of carbonyl (C=O) groups is 1. The lowest BCUT2D eigenvalue weighted by atomic mass is 9.98. The smallest absolute Gasteiger partial charge is 0.251 e. The van der Waals surface area contributed by atoms with E-state index in [2.05, 4.69) is 24.1 Å². The first-order valence-electron chi connectivity index (χ1n) is 7.69. The minimum absolute atomic E-state index is 0.00935. The van der Waals surface area contributed by atoms with Crippen LogP contribution in [0.4, 0.5) is 0 Å². The van der Waals surface area contributed by atoms with Gasteiger partial charge >= 0.3 is 0 Å². The molecule has 3 nitrogen and oxygen atoms in total. The van der Waals surface area contributed by atoms with Crippen LogP contribution in [-0.4, -0.2) is 19.0 Å². The van der Waals surface area contributed by atoms with Gasteiger partial charge in [-0.15, -0.1) is 0 Å². The molecule has 2 atom stereocenters. The molecule has 0 aromatic heterocycles. The van der Waals surface area contributed by atoms with Gasteiger partial charge in [-0.25, -0.2) is 0 Å². The Hall–Kier alpha value is -1.79. The van der Waals surface area contributed by atoms with Crippen LogP contribution in [0.1, 0.15) is 47.7 Å². The summed E-state index contributed by atoms with van der Waals surface area (Å²) in [6.07, 6.45) is 3.79. The molecule has 0 spiro atoms. The summed E-state index contributed by atoms with van der Waals surface area (Å²) in [5, 5.41) is 3.06. The van der Waals surface area contributed by atoms with E-state index in [0.29, 0.717) is 23.9 Å². The van der Waals surface area contributed by atoms with Gasteiger partial charge in [0.25, 0.3) is 5.91 Å². The number of hydrogen-bond acceptors (Lipinski definition) is 2. The quantitative estimate of drug-likeness (QED) is 0.838. The molecule has 21 heavy (non-hydrogen) atoms. The summed E-state index contributed by atoms with van der Waals surface area (Å²) in [7, 11) is 0. The molecule has 3 heteroatoms. The van der Waals surface area contributed by atoms with Gasteiger partial charge in [-0.3, -0.25) is 4.79 Å². The van der Waals surface area contributed by atoms with Crippen molar-refractivity contribution in [3.63, 3.8) is 0 Å². The number of aryl methyl sites for hydroxylation is 1. The molecule has 2 unspecified atom stereocenters. The lowest BCUT2D eigenvalue weighted by Gasteiger charge is -2.16. The van der Waals surface area contributed by atoms with Crippen LogP contribution in [0.3, 0.4) is 0 Å². The van der Waals surface area contributed by atoms with Gasteiger partial charge in [0.15, 0.2) is 0 Å². The molecule has 1 saturated carbocycles. The lowest BCUT2D eigenvalue weighted by molar-refractivity contribution is 0.0944. The molecule has 1 amide bonds. The van der Waals surface area contributed by atoms with E-state index in [9.17, 15) is 4.79 Å². The molecule has 0 bridgehead atoms. The van der Waals surface area contributed by atoms with Gasteiger partial charge < -0.3 is 11.1 Å². The normalized spacial score (nSPS) is 20.7. The molecule has 0 heterocycles. The maximum Gasteiger partial charge on any atom is 0.251 e. The lowest BCUT2D eigenvalue weighted by Crippen LogP contribution is -2.30. The van der Waals surface area contributed by atoms with Gasteiger partial charge in [0.2, 0.25) is 0 Å². The van der Waals surface area contributed by atoms with Crippen LogP contribution in [0.15, 0.2) is 18.2 Å². The highest BCUT2D eigenvalue weighted by Crippen LogP contribution is 2.30. The molecule has 0 saturated heterocycles. The summed E-state index contributed by atoms with van der Waals surface area (Å²) < 4.78 is 0. The SMILES string of the molecule is Cc1ccc(C(=O)NCC2CCCC2C)cc1C#CCN. The number of nitrogens with two attached hydrogens (primary N) is 1. The maximum atomic E-state index is 12.3. The van der Waals surface area contributed by atoms with Crippen LogP contribution in [0.2, 0.25) is 0 Å². The van der Waals surface area contributed by atoms with E-state index < -0.39 is 0 Å². The van der Waals surface area contributed by atoms with Crippen molar-refractivity contribution < 1.29 is 4.79 Å². The van der Waals surface area contributed by atoms with E-state index in [0.717, 1.165) is 17.7 Å². The third-order valence-electron chi connectivity index (χ3n) is 4.39.